The van der Waals surface area contributed by atoms with Gasteiger partial charge in [0, 0.05) is 27.3 Å². The van der Waals surface area contributed by atoms with Gasteiger partial charge in [0.15, 0.2) is 0 Å². The molecule has 2 heteroatoms. The minimum atomic E-state index is 0.844. The quantitative estimate of drug-likeness (QED) is 0.113. The lowest BCUT2D eigenvalue weighted by Crippen LogP contribution is -1.96. The summed E-state index contributed by atoms with van der Waals surface area (Å²) in [6.45, 7) is 2.08. The van der Waals surface area contributed by atoms with Crippen LogP contribution in [0.2, 0.25) is 0 Å². The van der Waals surface area contributed by atoms with Crippen LogP contribution in [0.15, 0.2) is 217 Å². The fraction of sp³-hybridized carbons (Fsp3) is 0.0192. The second kappa shape index (κ2) is 16.0. The van der Waals surface area contributed by atoms with Crippen LogP contribution in [0.4, 0.5) is 5.69 Å². The Hall–Kier alpha value is -6.48. The van der Waals surface area contributed by atoms with Crippen molar-refractivity contribution in [1.82, 2.24) is 0 Å². The van der Waals surface area contributed by atoms with Crippen molar-refractivity contribution in [1.29, 1.82) is 0 Å². The topological polar surface area (TPSA) is 12.4 Å². The molecule has 1 nitrogen and oxygen atoms in total. The Balaban J connectivity index is 1.36. The molecular formula is C52H39NS. The van der Waals surface area contributed by atoms with E-state index in [0.717, 1.165) is 83.1 Å². The predicted molar refractivity (Wildman–Crippen MR) is 235 cm³/mol. The molecule has 0 aliphatic heterocycles. The molecule has 0 aromatic heterocycles. The van der Waals surface area contributed by atoms with E-state index in [0.29, 0.717) is 0 Å². The first-order valence-electron chi connectivity index (χ1n) is 18.3. The fourth-order valence-corrected chi connectivity index (χ4v) is 7.54. The third-order valence-corrected chi connectivity index (χ3v) is 10.0. The van der Waals surface area contributed by atoms with Gasteiger partial charge in [-0.1, -0.05) is 182 Å². The molecular weight excluding hydrogens is 671 g/mol. The number of hydrogen-bond donors (Lipinski definition) is 1. The standard InChI is InChI=1S/C52H39NS/c1-37(53-52-48(42-28-16-6-17-29-42)35-45(39-22-10-3-11-23-39)36-49(52)43-30-18-7-19-31-43)32-50(54)51-46(40-24-12-4-13-25-40)33-44(38-20-8-2-9-21-38)34-47(51)41-26-14-5-15-27-41/h2-36,54H,1H3/b50-32-,53-37?. The summed E-state index contributed by atoms with van der Waals surface area (Å²) >= 11 is 5.32. The molecule has 0 unspecified atom stereocenters. The zero-order valence-electron chi connectivity index (χ0n) is 30.1. The highest BCUT2D eigenvalue weighted by molar-refractivity contribution is 7.90. The number of thiol groups is 1. The van der Waals surface area contributed by atoms with Crippen molar-refractivity contribution >= 4 is 28.9 Å². The van der Waals surface area contributed by atoms with Gasteiger partial charge in [-0.2, -0.15) is 0 Å². The molecule has 0 N–H and O–H groups in total. The average Bonchev–Trinajstić information content (AvgIpc) is 3.25. The molecule has 0 aliphatic rings. The molecule has 8 aromatic carbocycles. The smallest absolute Gasteiger partial charge is 0.0789 e. The number of rotatable bonds is 9. The van der Waals surface area contributed by atoms with Crippen LogP contribution in [0.25, 0.3) is 71.7 Å². The van der Waals surface area contributed by atoms with Gasteiger partial charge in [0.1, 0.15) is 0 Å². The Morgan fingerprint density at radius 3 is 0.981 bits per heavy atom. The molecule has 8 aromatic rings. The first-order chi connectivity index (χ1) is 26.6. The molecule has 0 saturated heterocycles. The van der Waals surface area contributed by atoms with Gasteiger partial charge in [-0.05, 0) is 92.9 Å². The highest BCUT2D eigenvalue weighted by Gasteiger charge is 2.19. The Bertz CT molecular complexity index is 2440. The number of aliphatic imine (C=N–C) groups is 1. The summed E-state index contributed by atoms with van der Waals surface area (Å²) < 4.78 is 0. The second-order valence-electron chi connectivity index (χ2n) is 13.3. The number of allylic oxidation sites excluding steroid dienone is 1. The van der Waals surface area contributed by atoms with E-state index in [1.165, 1.54) is 5.56 Å². The van der Waals surface area contributed by atoms with Crippen LogP contribution in [-0.4, -0.2) is 5.71 Å². The molecule has 0 radical (unpaired) electrons. The highest BCUT2D eigenvalue weighted by atomic mass is 32.1. The molecule has 8 rings (SSSR count). The number of nitrogens with zero attached hydrogens (tertiary/aromatic N) is 1. The maximum Gasteiger partial charge on any atom is 0.0789 e. The second-order valence-corrected chi connectivity index (χ2v) is 13.8. The van der Waals surface area contributed by atoms with Crippen molar-refractivity contribution in [3.05, 3.63) is 218 Å². The zero-order valence-corrected chi connectivity index (χ0v) is 31.0. The SMILES string of the molecule is CC(/C=C(\S)c1c(-c2ccccc2)cc(-c2ccccc2)cc1-c1ccccc1)=Nc1c(-c2ccccc2)cc(-c2ccccc2)cc1-c1ccccc1. The Kier molecular flexibility index (Phi) is 10.3. The molecule has 258 valence electrons. The summed E-state index contributed by atoms with van der Waals surface area (Å²) in [6.07, 6.45) is 2.12. The molecule has 0 aliphatic carbocycles. The zero-order chi connectivity index (χ0) is 36.7. The van der Waals surface area contributed by atoms with Gasteiger partial charge in [-0.25, -0.2) is 0 Å². The highest BCUT2D eigenvalue weighted by Crippen LogP contribution is 2.45. The number of hydrogen-bond acceptors (Lipinski definition) is 2. The van der Waals surface area contributed by atoms with Crippen LogP contribution in [-0.2, 0) is 0 Å². The lowest BCUT2D eigenvalue weighted by Gasteiger charge is -2.19. The Morgan fingerprint density at radius 1 is 0.370 bits per heavy atom. The molecule has 0 spiro atoms. The maximum absolute atomic E-state index is 5.47. The predicted octanol–water partition coefficient (Wildman–Crippen LogP) is 14.8. The molecule has 54 heavy (non-hydrogen) atoms. The minimum absolute atomic E-state index is 0.844. The monoisotopic (exact) mass is 709 g/mol. The minimum Gasteiger partial charge on any atom is -0.252 e. The van der Waals surface area contributed by atoms with Gasteiger partial charge in [0.2, 0.25) is 0 Å². The summed E-state index contributed by atoms with van der Waals surface area (Å²) in [7, 11) is 0. The summed E-state index contributed by atoms with van der Waals surface area (Å²) in [5, 5.41) is 0. The van der Waals surface area contributed by atoms with Crippen LogP contribution < -0.4 is 0 Å². The van der Waals surface area contributed by atoms with Gasteiger partial charge in [0.25, 0.3) is 0 Å². The molecule has 0 saturated carbocycles. The molecule has 0 bridgehead atoms. The first kappa shape index (κ1) is 34.6. The van der Waals surface area contributed by atoms with Gasteiger partial charge in [-0.15, -0.1) is 12.6 Å². The van der Waals surface area contributed by atoms with E-state index in [-0.39, 0.29) is 0 Å². The first-order valence-corrected chi connectivity index (χ1v) is 18.7. The van der Waals surface area contributed by atoms with Crippen molar-refractivity contribution < 1.29 is 0 Å². The van der Waals surface area contributed by atoms with Gasteiger partial charge in [-0.3, -0.25) is 4.99 Å². The average molecular weight is 710 g/mol. The fourth-order valence-electron chi connectivity index (χ4n) is 7.11. The number of benzene rings is 8. The van der Waals surface area contributed by atoms with Gasteiger partial charge < -0.3 is 0 Å². The van der Waals surface area contributed by atoms with E-state index >= 15 is 0 Å². The Labute approximate surface area is 324 Å². The van der Waals surface area contributed by atoms with Crippen LogP contribution in [0.5, 0.6) is 0 Å². The van der Waals surface area contributed by atoms with Gasteiger partial charge >= 0.3 is 0 Å². The van der Waals surface area contributed by atoms with E-state index in [2.05, 4.69) is 219 Å². The molecule has 0 atom stereocenters. The van der Waals surface area contributed by atoms with Crippen molar-refractivity contribution in [2.75, 3.05) is 0 Å². The van der Waals surface area contributed by atoms with Crippen LogP contribution in [0.1, 0.15) is 12.5 Å². The molecule has 0 fully saturated rings. The van der Waals surface area contributed by atoms with E-state index < -0.39 is 0 Å². The maximum atomic E-state index is 5.47. The van der Waals surface area contributed by atoms with Crippen LogP contribution in [0, 0.1) is 0 Å². The van der Waals surface area contributed by atoms with E-state index in [1.54, 1.807) is 0 Å². The normalized spacial score (nSPS) is 11.7. The molecule has 0 amide bonds. The summed E-state index contributed by atoms with van der Waals surface area (Å²) in [5.41, 5.74) is 16.4. The van der Waals surface area contributed by atoms with E-state index in [9.17, 15) is 0 Å². The van der Waals surface area contributed by atoms with Crippen molar-refractivity contribution in [3.63, 3.8) is 0 Å². The van der Waals surface area contributed by atoms with Crippen molar-refractivity contribution in [2.24, 2.45) is 4.99 Å². The van der Waals surface area contributed by atoms with Crippen LogP contribution >= 0.6 is 12.6 Å². The third kappa shape index (κ3) is 7.52. The largest absolute Gasteiger partial charge is 0.252 e. The third-order valence-electron chi connectivity index (χ3n) is 9.69. The van der Waals surface area contributed by atoms with Crippen molar-refractivity contribution in [2.45, 2.75) is 6.92 Å². The van der Waals surface area contributed by atoms with E-state index in [1.807, 2.05) is 0 Å². The Morgan fingerprint density at radius 2 is 0.648 bits per heavy atom. The summed E-state index contributed by atoms with van der Waals surface area (Å²) in [6, 6.07) is 72.7. The lowest BCUT2D eigenvalue weighted by molar-refractivity contribution is 1.47. The summed E-state index contributed by atoms with van der Waals surface area (Å²) in [5.74, 6) is 0. The molecule has 0 heterocycles. The van der Waals surface area contributed by atoms with E-state index in [4.69, 9.17) is 17.6 Å². The summed E-state index contributed by atoms with van der Waals surface area (Å²) in [4.78, 5) is 6.32. The van der Waals surface area contributed by atoms with Crippen molar-refractivity contribution in [3.8, 4) is 66.8 Å². The van der Waals surface area contributed by atoms with Crippen LogP contribution in [0.3, 0.4) is 0 Å². The van der Waals surface area contributed by atoms with Gasteiger partial charge in [0.05, 0.1) is 5.69 Å². The lowest BCUT2D eigenvalue weighted by atomic mass is 9.87.